The third-order valence-corrected chi connectivity index (χ3v) is 7.49. The number of carbonyl (C=O) groups is 2. The van der Waals surface area contributed by atoms with E-state index in [1.165, 1.54) is 6.21 Å². The van der Waals surface area contributed by atoms with E-state index in [0.717, 1.165) is 11.1 Å². The molecular weight excluding hydrogens is 649 g/mol. The van der Waals surface area contributed by atoms with Crippen LogP contribution in [0.5, 0.6) is 17.2 Å². The fourth-order valence-corrected chi connectivity index (χ4v) is 5.14. The first kappa shape index (κ1) is 36.7. The maximum Gasteiger partial charge on any atom is 0.262 e. The lowest BCUT2D eigenvalue weighted by molar-refractivity contribution is -0.129. The van der Waals surface area contributed by atoms with Crippen molar-refractivity contribution in [3.05, 3.63) is 99.0 Å². The molecule has 46 heavy (non-hydrogen) atoms. The molecule has 2 N–H and O–H groups in total. The van der Waals surface area contributed by atoms with E-state index in [1.807, 2.05) is 51.1 Å². The Hall–Kier alpha value is -3.72. The van der Waals surface area contributed by atoms with Gasteiger partial charge in [0.25, 0.3) is 5.91 Å². The van der Waals surface area contributed by atoms with Crippen molar-refractivity contribution in [3.8, 4) is 17.2 Å². The normalized spacial score (nSPS) is 11.7. The van der Waals surface area contributed by atoms with Crippen LogP contribution in [-0.2, 0) is 22.6 Å². The number of hydrazone groups is 1. The van der Waals surface area contributed by atoms with Gasteiger partial charge < -0.3 is 19.5 Å². The summed E-state index contributed by atoms with van der Waals surface area (Å²) in [5.41, 5.74) is 4.95. The first-order valence-corrected chi connectivity index (χ1v) is 16.2. The fourth-order valence-electron chi connectivity index (χ4n) is 4.48. The third kappa shape index (κ3) is 11.9. The summed E-state index contributed by atoms with van der Waals surface area (Å²) >= 11 is 18.4. The average Bonchev–Trinajstić information content (AvgIpc) is 3.00. The number of rotatable bonds is 18. The summed E-state index contributed by atoms with van der Waals surface area (Å²) in [5, 5.41) is 8.53. The molecule has 0 bridgehead atoms. The highest BCUT2D eigenvalue weighted by atomic mass is 35.5. The number of halogens is 3. The molecule has 3 aromatic rings. The second-order valence-electron chi connectivity index (χ2n) is 10.8. The summed E-state index contributed by atoms with van der Waals surface area (Å²) in [6, 6.07) is 15.4. The molecule has 11 heteroatoms. The SMILES string of the molecule is C=CCc1cc(/C=N\NC(=O)[C@@H](CC(C)C)NC(=O)CCCOc2ccc(Cl)cc2Cl)cc(OCC)c1OCc1ccccc1Cl. The second kappa shape index (κ2) is 19.1. The van der Waals surface area contributed by atoms with E-state index in [0.29, 0.717) is 63.7 Å². The molecule has 0 saturated heterocycles. The predicted octanol–water partition coefficient (Wildman–Crippen LogP) is 8.19. The van der Waals surface area contributed by atoms with Crippen LogP contribution in [0.3, 0.4) is 0 Å². The van der Waals surface area contributed by atoms with E-state index in [1.54, 1.807) is 30.3 Å². The molecule has 246 valence electrons. The zero-order valence-corrected chi connectivity index (χ0v) is 28.6. The molecule has 8 nitrogen and oxygen atoms in total. The zero-order chi connectivity index (χ0) is 33.5. The maximum absolute atomic E-state index is 13.1. The number of amides is 2. The smallest absolute Gasteiger partial charge is 0.262 e. The van der Waals surface area contributed by atoms with E-state index in [9.17, 15) is 9.59 Å². The Morgan fingerprint density at radius 1 is 0.957 bits per heavy atom. The number of nitrogens with zero attached hydrogens (tertiary/aromatic N) is 1. The summed E-state index contributed by atoms with van der Waals surface area (Å²) < 4.78 is 17.7. The summed E-state index contributed by atoms with van der Waals surface area (Å²) in [6.45, 7) is 10.7. The van der Waals surface area contributed by atoms with Gasteiger partial charge in [-0.15, -0.1) is 6.58 Å². The number of ether oxygens (including phenoxy) is 3. The van der Waals surface area contributed by atoms with Gasteiger partial charge in [-0.3, -0.25) is 9.59 Å². The molecule has 0 heterocycles. The third-order valence-electron chi connectivity index (χ3n) is 6.59. The first-order valence-electron chi connectivity index (χ1n) is 15.1. The molecule has 0 saturated carbocycles. The van der Waals surface area contributed by atoms with Crippen molar-refractivity contribution in [2.24, 2.45) is 11.0 Å². The van der Waals surface area contributed by atoms with Gasteiger partial charge in [-0.1, -0.05) is 72.9 Å². The average molecular weight is 689 g/mol. The van der Waals surface area contributed by atoms with Crippen LogP contribution in [0.15, 0.2) is 72.4 Å². The van der Waals surface area contributed by atoms with E-state index < -0.39 is 11.9 Å². The lowest BCUT2D eigenvalue weighted by Gasteiger charge is -2.19. The second-order valence-corrected chi connectivity index (χ2v) is 12.1. The number of carbonyl (C=O) groups excluding carboxylic acids is 2. The molecule has 0 aliphatic heterocycles. The Morgan fingerprint density at radius 3 is 2.43 bits per heavy atom. The van der Waals surface area contributed by atoms with Gasteiger partial charge in [0, 0.05) is 27.6 Å². The summed E-state index contributed by atoms with van der Waals surface area (Å²) in [7, 11) is 0. The molecule has 3 rings (SSSR count). The van der Waals surface area contributed by atoms with Gasteiger partial charge in [0.2, 0.25) is 5.91 Å². The Morgan fingerprint density at radius 2 is 1.74 bits per heavy atom. The van der Waals surface area contributed by atoms with Crippen LogP contribution in [0, 0.1) is 5.92 Å². The fraction of sp³-hybridized carbons (Fsp3) is 0.343. The number of nitrogens with one attached hydrogen (secondary N) is 2. The van der Waals surface area contributed by atoms with Crippen LogP contribution < -0.4 is 25.0 Å². The van der Waals surface area contributed by atoms with Gasteiger partial charge in [0.15, 0.2) is 11.5 Å². The highest BCUT2D eigenvalue weighted by Crippen LogP contribution is 2.35. The van der Waals surface area contributed by atoms with Gasteiger partial charge in [-0.25, -0.2) is 5.43 Å². The van der Waals surface area contributed by atoms with Gasteiger partial charge in [0.05, 0.1) is 24.5 Å². The Labute approximate surface area is 286 Å². The van der Waals surface area contributed by atoms with Gasteiger partial charge >= 0.3 is 0 Å². The Bertz CT molecular complexity index is 1510. The van der Waals surface area contributed by atoms with E-state index >= 15 is 0 Å². The highest BCUT2D eigenvalue weighted by Gasteiger charge is 2.22. The standard InChI is InChI=1S/C35H40Cl3N3O5/c1-5-10-25-18-24(19-32(44-6-2)34(25)46-22-26-11-7-8-12-28(26)37)21-39-41-35(43)30(17-23(3)4)40-33(42)13-9-16-45-31-15-14-27(36)20-29(31)38/h5,7-8,11-12,14-15,18-21,23,30H,1,6,9-10,13,16-17,22H2,2-4H3,(H,40,42)(H,41,43)/b39-21-/t30-/m1/s1. The highest BCUT2D eigenvalue weighted by molar-refractivity contribution is 6.35. The minimum absolute atomic E-state index is 0.156. The minimum atomic E-state index is -0.757. The predicted molar refractivity (Wildman–Crippen MR) is 186 cm³/mol. The molecule has 1 atom stereocenters. The van der Waals surface area contributed by atoms with E-state index in [4.69, 9.17) is 49.0 Å². The molecule has 2 amide bonds. The van der Waals surface area contributed by atoms with Crippen LogP contribution in [0.1, 0.15) is 56.7 Å². The zero-order valence-electron chi connectivity index (χ0n) is 26.3. The van der Waals surface area contributed by atoms with E-state index in [-0.39, 0.29) is 31.5 Å². The lowest BCUT2D eigenvalue weighted by Crippen LogP contribution is -2.46. The van der Waals surface area contributed by atoms with Gasteiger partial charge in [0.1, 0.15) is 18.4 Å². The Kier molecular flexibility index (Phi) is 15.2. The largest absolute Gasteiger partial charge is 0.492 e. The van der Waals surface area contributed by atoms with Crippen LogP contribution in [-0.4, -0.2) is 37.3 Å². The molecule has 0 fully saturated rings. The van der Waals surface area contributed by atoms with Gasteiger partial charge in [-0.2, -0.15) is 5.10 Å². The van der Waals surface area contributed by atoms with Crippen LogP contribution in [0.25, 0.3) is 0 Å². The molecule has 3 aromatic carbocycles. The number of benzene rings is 3. The lowest BCUT2D eigenvalue weighted by atomic mass is 10.0. The topological polar surface area (TPSA) is 98.3 Å². The van der Waals surface area contributed by atoms with Crippen molar-refractivity contribution >= 4 is 52.8 Å². The number of allylic oxidation sites excluding steroid dienone is 1. The van der Waals surface area contributed by atoms with Crippen LogP contribution in [0.4, 0.5) is 0 Å². The van der Waals surface area contributed by atoms with E-state index in [2.05, 4.69) is 22.4 Å². The first-order chi connectivity index (χ1) is 22.1. The summed E-state index contributed by atoms with van der Waals surface area (Å²) in [4.78, 5) is 25.7. The minimum Gasteiger partial charge on any atom is -0.492 e. The molecule has 0 unspecified atom stereocenters. The van der Waals surface area contributed by atoms with Crippen molar-refractivity contribution < 1.29 is 23.8 Å². The maximum atomic E-state index is 13.1. The molecule has 0 spiro atoms. The monoisotopic (exact) mass is 687 g/mol. The van der Waals surface area contributed by atoms with Crippen molar-refractivity contribution in [1.82, 2.24) is 10.7 Å². The van der Waals surface area contributed by atoms with Gasteiger partial charge in [-0.05, 0) is 74.1 Å². The molecule has 0 aliphatic rings. The molecule has 0 aromatic heterocycles. The quantitative estimate of drug-likeness (QED) is 0.0608. The molecule has 0 aliphatic carbocycles. The van der Waals surface area contributed by atoms with Crippen LogP contribution in [0.2, 0.25) is 15.1 Å². The molecule has 0 radical (unpaired) electrons. The number of hydrogen-bond acceptors (Lipinski definition) is 6. The number of hydrogen-bond donors (Lipinski definition) is 2. The van der Waals surface area contributed by atoms with Crippen molar-refractivity contribution in [3.63, 3.8) is 0 Å². The van der Waals surface area contributed by atoms with Crippen LogP contribution >= 0.6 is 34.8 Å². The van der Waals surface area contributed by atoms with Crippen molar-refractivity contribution in [1.29, 1.82) is 0 Å². The summed E-state index contributed by atoms with van der Waals surface area (Å²) in [6.07, 6.45) is 4.87. The van der Waals surface area contributed by atoms with Crippen molar-refractivity contribution in [2.75, 3.05) is 13.2 Å². The van der Waals surface area contributed by atoms with Crippen molar-refractivity contribution in [2.45, 2.75) is 59.1 Å². The Balaban J connectivity index is 1.63. The molecular formula is C35H40Cl3N3O5. The summed E-state index contributed by atoms with van der Waals surface area (Å²) in [5.74, 6) is 1.09.